The van der Waals surface area contributed by atoms with E-state index in [2.05, 4.69) is 41.5 Å². The van der Waals surface area contributed by atoms with E-state index in [4.69, 9.17) is 12.6 Å². The molecule has 1 unspecified atom stereocenters. The van der Waals surface area contributed by atoms with Gasteiger partial charge in [0.2, 0.25) is 0 Å². The average molecular weight is 234 g/mol. The largest absolute Gasteiger partial charge is 0.508 e. The molecule has 0 N–H and O–H groups in total. The van der Waals surface area contributed by atoms with Gasteiger partial charge in [0.05, 0.1) is 5.76 Å². The van der Waals surface area contributed by atoms with Crippen molar-refractivity contribution in [2.24, 2.45) is 16.7 Å². The molecule has 17 heavy (non-hydrogen) atoms. The van der Waals surface area contributed by atoms with Gasteiger partial charge < -0.3 is 4.74 Å². The summed E-state index contributed by atoms with van der Waals surface area (Å²) in [7, 11) is 5.58. The SMILES string of the molecule is [B]COC(=C1CC1)C(CC(C)(C)C)C(C)(C)C. The summed E-state index contributed by atoms with van der Waals surface area (Å²) in [6.07, 6.45) is 3.55. The quantitative estimate of drug-likeness (QED) is 0.521. The summed E-state index contributed by atoms with van der Waals surface area (Å²) in [5, 5.41) is 0. The van der Waals surface area contributed by atoms with E-state index in [0.29, 0.717) is 17.8 Å². The monoisotopic (exact) mass is 234 g/mol. The van der Waals surface area contributed by atoms with Crippen LogP contribution in [0.4, 0.5) is 0 Å². The smallest absolute Gasteiger partial charge is 0.122 e. The van der Waals surface area contributed by atoms with E-state index in [1.165, 1.54) is 24.2 Å². The maximum Gasteiger partial charge on any atom is 0.122 e. The van der Waals surface area contributed by atoms with Crippen LogP contribution in [0.25, 0.3) is 0 Å². The van der Waals surface area contributed by atoms with Gasteiger partial charge in [0, 0.05) is 12.4 Å². The first-order valence-electron chi connectivity index (χ1n) is 6.70. The number of rotatable bonds is 4. The maximum atomic E-state index is 5.76. The zero-order chi connectivity index (χ0) is 13.3. The topological polar surface area (TPSA) is 9.23 Å². The van der Waals surface area contributed by atoms with Gasteiger partial charge in [-0.1, -0.05) is 41.5 Å². The number of ether oxygens (including phenoxy) is 1. The molecule has 1 saturated carbocycles. The second-order valence-electron chi connectivity index (χ2n) is 7.46. The molecule has 0 spiro atoms. The maximum absolute atomic E-state index is 5.76. The third kappa shape index (κ3) is 4.77. The Morgan fingerprint density at radius 1 is 1.18 bits per heavy atom. The zero-order valence-corrected chi connectivity index (χ0v) is 12.4. The summed E-state index contributed by atoms with van der Waals surface area (Å²) < 4.78 is 5.76. The number of allylic oxidation sites excluding steroid dienone is 2. The van der Waals surface area contributed by atoms with Gasteiger partial charge in [-0.05, 0) is 35.7 Å². The van der Waals surface area contributed by atoms with Crippen LogP contribution in [-0.4, -0.2) is 14.4 Å². The Morgan fingerprint density at radius 2 is 1.71 bits per heavy atom. The predicted molar refractivity (Wildman–Crippen MR) is 75.0 cm³/mol. The van der Waals surface area contributed by atoms with Crippen molar-refractivity contribution in [3.8, 4) is 0 Å². The molecule has 96 valence electrons. The lowest BCUT2D eigenvalue weighted by Crippen LogP contribution is -2.28. The summed E-state index contributed by atoms with van der Waals surface area (Å²) >= 11 is 0. The first-order valence-corrected chi connectivity index (χ1v) is 6.70. The van der Waals surface area contributed by atoms with Gasteiger partial charge in [0.1, 0.15) is 7.85 Å². The van der Waals surface area contributed by atoms with E-state index >= 15 is 0 Å². The Hall–Kier alpha value is -0.395. The van der Waals surface area contributed by atoms with Crippen LogP contribution in [0.3, 0.4) is 0 Å². The second-order valence-corrected chi connectivity index (χ2v) is 7.46. The zero-order valence-electron chi connectivity index (χ0n) is 12.4. The fraction of sp³-hybridized carbons (Fsp3) is 0.867. The van der Waals surface area contributed by atoms with Crippen LogP contribution in [-0.2, 0) is 4.74 Å². The molecule has 1 nitrogen and oxygen atoms in total. The van der Waals surface area contributed by atoms with Crippen LogP contribution < -0.4 is 0 Å². The van der Waals surface area contributed by atoms with Crippen LogP contribution >= 0.6 is 0 Å². The summed E-state index contributed by atoms with van der Waals surface area (Å²) in [6, 6.07) is 0. The van der Waals surface area contributed by atoms with Crippen molar-refractivity contribution in [3.63, 3.8) is 0 Å². The summed E-state index contributed by atoms with van der Waals surface area (Å²) in [6.45, 7) is 14.1. The van der Waals surface area contributed by atoms with E-state index in [1.54, 1.807) is 0 Å². The minimum absolute atomic E-state index is 0.230. The molecule has 0 aromatic carbocycles. The van der Waals surface area contributed by atoms with E-state index in [1.807, 2.05) is 0 Å². The molecule has 0 aromatic heterocycles. The van der Waals surface area contributed by atoms with Crippen molar-refractivity contribution in [1.82, 2.24) is 0 Å². The molecule has 0 aliphatic heterocycles. The van der Waals surface area contributed by atoms with Crippen molar-refractivity contribution >= 4 is 7.85 Å². The standard InChI is InChI=1S/C15H27BO/c1-14(2,3)9-12(15(4,5)6)13(17-10-16)11-7-8-11/h12H,7-10H2,1-6H3. The molecule has 0 heterocycles. The third-order valence-corrected chi connectivity index (χ3v) is 3.27. The van der Waals surface area contributed by atoms with Gasteiger partial charge in [-0.3, -0.25) is 0 Å². The molecule has 0 saturated heterocycles. The highest BCUT2D eigenvalue weighted by molar-refractivity contribution is 6.08. The van der Waals surface area contributed by atoms with Crippen molar-refractivity contribution in [2.75, 3.05) is 6.51 Å². The fourth-order valence-electron chi connectivity index (χ4n) is 2.25. The molecule has 1 aliphatic carbocycles. The molecule has 2 heteroatoms. The highest BCUT2D eigenvalue weighted by Crippen LogP contribution is 2.46. The lowest BCUT2D eigenvalue weighted by Gasteiger charge is -2.37. The van der Waals surface area contributed by atoms with Gasteiger partial charge >= 0.3 is 0 Å². The normalized spacial score (nSPS) is 17.9. The molecular formula is C15H27BO. The summed E-state index contributed by atoms with van der Waals surface area (Å²) in [5.41, 5.74) is 2.03. The molecule has 0 bridgehead atoms. The van der Waals surface area contributed by atoms with Gasteiger partial charge in [0.15, 0.2) is 0 Å². The second kappa shape index (κ2) is 5.08. The van der Waals surface area contributed by atoms with Crippen LogP contribution in [0.2, 0.25) is 0 Å². The van der Waals surface area contributed by atoms with Crippen LogP contribution in [0, 0.1) is 16.7 Å². The Labute approximate surface area is 108 Å². The van der Waals surface area contributed by atoms with Crippen LogP contribution in [0.5, 0.6) is 0 Å². The van der Waals surface area contributed by atoms with E-state index < -0.39 is 0 Å². The van der Waals surface area contributed by atoms with Crippen molar-refractivity contribution in [3.05, 3.63) is 11.3 Å². The summed E-state index contributed by atoms with van der Waals surface area (Å²) in [4.78, 5) is 0. The number of hydrogen-bond donors (Lipinski definition) is 0. The number of hydrogen-bond acceptors (Lipinski definition) is 1. The van der Waals surface area contributed by atoms with Crippen molar-refractivity contribution in [1.29, 1.82) is 0 Å². The fourth-order valence-corrected chi connectivity index (χ4v) is 2.25. The van der Waals surface area contributed by atoms with Gasteiger partial charge in [-0.2, -0.15) is 0 Å². The predicted octanol–water partition coefficient (Wildman–Crippen LogP) is 4.28. The molecule has 1 rings (SSSR count). The van der Waals surface area contributed by atoms with Gasteiger partial charge in [-0.25, -0.2) is 0 Å². The van der Waals surface area contributed by atoms with E-state index in [0.717, 1.165) is 6.42 Å². The minimum Gasteiger partial charge on any atom is -0.508 e. The van der Waals surface area contributed by atoms with E-state index in [9.17, 15) is 0 Å². The lowest BCUT2D eigenvalue weighted by molar-refractivity contribution is 0.115. The molecule has 0 amide bonds. The molecule has 2 radical (unpaired) electrons. The first kappa shape index (κ1) is 14.7. The van der Waals surface area contributed by atoms with Crippen LogP contribution in [0.1, 0.15) is 60.8 Å². The average Bonchev–Trinajstić information content (AvgIpc) is 2.90. The van der Waals surface area contributed by atoms with Gasteiger partial charge in [0.25, 0.3) is 0 Å². The lowest BCUT2D eigenvalue weighted by atomic mass is 9.71. The molecule has 0 aromatic rings. The van der Waals surface area contributed by atoms with Crippen LogP contribution in [0.15, 0.2) is 11.3 Å². The minimum atomic E-state index is 0.230. The Kier molecular flexibility index (Phi) is 4.38. The van der Waals surface area contributed by atoms with Gasteiger partial charge in [-0.15, -0.1) is 0 Å². The third-order valence-electron chi connectivity index (χ3n) is 3.27. The molecule has 1 atom stereocenters. The molecular weight excluding hydrogens is 207 g/mol. The molecule has 1 fully saturated rings. The highest BCUT2D eigenvalue weighted by Gasteiger charge is 2.36. The molecule has 1 aliphatic rings. The van der Waals surface area contributed by atoms with E-state index in [-0.39, 0.29) is 5.41 Å². The Bertz CT molecular complexity index is 285. The Morgan fingerprint density at radius 3 is 2.00 bits per heavy atom. The first-order chi connectivity index (χ1) is 7.65. The summed E-state index contributed by atoms with van der Waals surface area (Å²) in [5.74, 6) is 1.67. The highest BCUT2D eigenvalue weighted by atomic mass is 16.5. The van der Waals surface area contributed by atoms with Crippen molar-refractivity contribution in [2.45, 2.75) is 60.8 Å². The van der Waals surface area contributed by atoms with Crippen molar-refractivity contribution < 1.29 is 4.74 Å². The Balaban J connectivity index is 2.93.